The molecule has 1 saturated carbocycles. The van der Waals surface area contributed by atoms with Crippen molar-refractivity contribution in [3.63, 3.8) is 0 Å². The maximum Gasteiger partial charge on any atom is 0.330 e. The molecule has 0 radical (unpaired) electrons. The number of hydrogen-bond acceptors (Lipinski definition) is 2. The van der Waals surface area contributed by atoms with E-state index in [-0.39, 0.29) is 11.4 Å². The molecule has 0 N–H and O–H groups in total. The van der Waals surface area contributed by atoms with Gasteiger partial charge in [-0.05, 0) is 19.3 Å². The maximum atomic E-state index is 11.4. The Kier molecular flexibility index (Phi) is 8.64. The highest BCUT2D eigenvalue weighted by Crippen LogP contribution is 2.39. The first-order chi connectivity index (χ1) is 9.72. The van der Waals surface area contributed by atoms with Crippen molar-refractivity contribution in [1.82, 2.24) is 0 Å². The van der Waals surface area contributed by atoms with Gasteiger partial charge in [0.05, 0.1) is 6.61 Å². The second-order valence-electron chi connectivity index (χ2n) is 6.39. The van der Waals surface area contributed by atoms with Gasteiger partial charge in [0.1, 0.15) is 0 Å². The molecule has 0 aromatic carbocycles. The molecule has 0 aromatic rings. The summed E-state index contributed by atoms with van der Waals surface area (Å²) in [5.74, 6) is -0.264. The van der Waals surface area contributed by atoms with Crippen LogP contribution in [0.1, 0.15) is 84.0 Å². The highest BCUT2D eigenvalue weighted by Gasteiger charge is 2.31. The predicted molar refractivity (Wildman–Crippen MR) is 84.7 cm³/mol. The minimum atomic E-state index is -0.264. The maximum absolute atomic E-state index is 11.4. The molecule has 0 spiro atoms. The molecule has 1 fully saturated rings. The van der Waals surface area contributed by atoms with Crippen LogP contribution in [0, 0.1) is 5.41 Å². The molecule has 116 valence electrons. The van der Waals surface area contributed by atoms with E-state index in [1.54, 1.807) is 0 Å². The van der Waals surface area contributed by atoms with Crippen LogP contribution in [-0.4, -0.2) is 12.6 Å². The first kappa shape index (κ1) is 17.3. The summed E-state index contributed by atoms with van der Waals surface area (Å²) in [7, 11) is 0. The Morgan fingerprint density at radius 1 is 1.10 bits per heavy atom. The van der Waals surface area contributed by atoms with Crippen LogP contribution in [0.25, 0.3) is 0 Å². The van der Waals surface area contributed by atoms with Gasteiger partial charge in [-0.1, -0.05) is 71.3 Å². The molecule has 20 heavy (non-hydrogen) atoms. The molecule has 0 saturated heterocycles. The van der Waals surface area contributed by atoms with Crippen molar-refractivity contribution in [3.8, 4) is 0 Å². The highest BCUT2D eigenvalue weighted by molar-refractivity contribution is 5.81. The minimum absolute atomic E-state index is 0.243. The molecular weight excluding hydrogens is 248 g/mol. The lowest BCUT2D eigenvalue weighted by molar-refractivity contribution is -0.142. The highest BCUT2D eigenvalue weighted by atomic mass is 16.5. The van der Waals surface area contributed by atoms with Crippen molar-refractivity contribution in [2.75, 3.05) is 6.61 Å². The van der Waals surface area contributed by atoms with Gasteiger partial charge in [-0.2, -0.15) is 0 Å². The average Bonchev–Trinajstić information content (AvgIpc) is 2.44. The van der Waals surface area contributed by atoms with Gasteiger partial charge < -0.3 is 4.74 Å². The van der Waals surface area contributed by atoms with Crippen LogP contribution in [0.4, 0.5) is 0 Å². The van der Waals surface area contributed by atoms with Crippen molar-refractivity contribution >= 4 is 5.97 Å². The molecular formula is C18H32O2. The molecule has 2 heteroatoms. The van der Waals surface area contributed by atoms with Gasteiger partial charge in [0.2, 0.25) is 0 Å². The van der Waals surface area contributed by atoms with E-state index in [1.165, 1.54) is 83.1 Å². The van der Waals surface area contributed by atoms with Crippen LogP contribution in [-0.2, 0) is 9.53 Å². The van der Waals surface area contributed by atoms with E-state index >= 15 is 0 Å². The fourth-order valence-corrected chi connectivity index (χ4v) is 3.33. The Bertz CT molecular complexity index is 275. The van der Waals surface area contributed by atoms with Crippen LogP contribution < -0.4 is 0 Å². The van der Waals surface area contributed by atoms with Gasteiger partial charge in [-0.15, -0.1) is 0 Å². The molecule has 2 nitrogen and oxygen atoms in total. The zero-order valence-electron chi connectivity index (χ0n) is 13.3. The lowest BCUT2D eigenvalue weighted by Gasteiger charge is -2.35. The summed E-state index contributed by atoms with van der Waals surface area (Å²) >= 11 is 0. The SMILES string of the molecule is C=CC(=O)OCC1(CCCCCC)CCCCCCC1. The van der Waals surface area contributed by atoms with Gasteiger partial charge in [-0.3, -0.25) is 0 Å². The Morgan fingerprint density at radius 2 is 1.75 bits per heavy atom. The van der Waals surface area contributed by atoms with Crippen molar-refractivity contribution < 1.29 is 9.53 Å². The van der Waals surface area contributed by atoms with Crippen molar-refractivity contribution in [2.24, 2.45) is 5.41 Å². The van der Waals surface area contributed by atoms with E-state index in [0.717, 1.165) is 0 Å². The Labute approximate surface area is 125 Å². The summed E-state index contributed by atoms with van der Waals surface area (Å²) in [6.07, 6.45) is 16.8. The summed E-state index contributed by atoms with van der Waals surface area (Å²) in [5, 5.41) is 0. The summed E-state index contributed by atoms with van der Waals surface area (Å²) < 4.78 is 5.43. The van der Waals surface area contributed by atoms with E-state index in [4.69, 9.17) is 4.74 Å². The molecule has 0 aliphatic heterocycles. The second-order valence-corrected chi connectivity index (χ2v) is 6.39. The van der Waals surface area contributed by atoms with Gasteiger partial charge in [0.15, 0.2) is 0 Å². The summed E-state index contributed by atoms with van der Waals surface area (Å²) in [4.78, 5) is 11.4. The second kappa shape index (κ2) is 10.0. The fraction of sp³-hybridized carbons (Fsp3) is 0.833. The normalized spacial score (nSPS) is 18.9. The van der Waals surface area contributed by atoms with Gasteiger partial charge in [0.25, 0.3) is 0 Å². The summed E-state index contributed by atoms with van der Waals surface area (Å²) in [5.41, 5.74) is 0.243. The Hall–Kier alpha value is -0.790. The van der Waals surface area contributed by atoms with Gasteiger partial charge in [0, 0.05) is 11.5 Å². The number of esters is 1. The third kappa shape index (κ3) is 6.58. The Morgan fingerprint density at radius 3 is 2.35 bits per heavy atom. The van der Waals surface area contributed by atoms with Gasteiger partial charge >= 0.3 is 5.97 Å². The summed E-state index contributed by atoms with van der Waals surface area (Å²) in [6, 6.07) is 0. The number of rotatable bonds is 8. The Balaban J connectivity index is 2.53. The molecule has 1 rings (SSSR count). The van der Waals surface area contributed by atoms with Crippen molar-refractivity contribution in [2.45, 2.75) is 84.0 Å². The van der Waals surface area contributed by atoms with Crippen molar-refractivity contribution in [3.05, 3.63) is 12.7 Å². The van der Waals surface area contributed by atoms with Gasteiger partial charge in [-0.25, -0.2) is 4.79 Å². The average molecular weight is 280 g/mol. The zero-order valence-corrected chi connectivity index (χ0v) is 13.3. The standard InChI is InChI=1S/C18H32O2/c1-3-5-6-10-13-18(16-20-17(19)4-2)14-11-8-7-9-12-15-18/h4H,2-3,5-16H2,1H3. The van der Waals surface area contributed by atoms with Crippen LogP contribution in [0.15, 0.2) is 12.7 Å². The largest absolute Gasteiger partial charge is 0.462 e. The number of carbonyl (C=O) groups is 1. The van der Waals surface area contributed by atoms with Crippen LogP contribution in [0.3, 0.4) is 0 Å². The third-order valence-corrected chi connectivity index (χ3v) is 4.66. The molecule has 0 heterocycles. The number of carbonyl (C=O) groups excluding carboxylic acids is 1. The molecule has 0 amide bonds. The molecule has 0 aromatic heterocycles. The van der Waals surface area contributed by atoms with E-state index in [9.17, 15) is 4.79 Å². The zero-order chi connectivity index (χ0) is 14.7. The summed E-state index contributed by atoms with van der Waals surface area (Å²) in [6.45, 7) is 6.34. The fourth-order valence-electron chi connectivity index (χ4n) is 3.33. The minimum Gasteiger partial charge on any atom is -0.462 e. The lowest BCUT2D eigenvalue weighted by atomic mass is 9.73. The van der Waals surface area contributed by atoms with E-state index in [0.29, 0.717) is 6.61 Å². The van der Waals surface area contributed by atoms with Crippen LogP contribution in [0.5, 0.6) is 0 Å². The van der Waals surface area contributed by atoms with Crippen LogP contribution >= 0.6 is 0 Å². The monoisotopic (exact) mass is 280 g/mol. The van der Waals surface area contributed by atoms with Crippen molar-refractivity contribution in [1.29, 1.82) is 0 Å². The molecule has 0 atom stereocenters. The molecule has 1 aliphatic rings. The first-order valence-corrected chi connectivity index (χ1v) is 8.52. The van der Waals surface area contributed by atoms with E-state index in [2.05, 4.69) is 13.5 Å². The van der Waals surface area contributed by atoms with E-state index in [1.807, 2.05) is 0 Å². The molecule has 0 bridgehead atoms. The predicted octanol–water partition coefficient (Wildman–Crippen LogP) is 5.42. The first-order valence-electron chi connectivity index (χ1n) is 8.52. The molecule has 1 aliphatic carbocycles. The van der Waals surface area contributed by atoms with Crippen LogP contribution in [0.2, 0.25) is 0 Å². The number of ether oxygens (including phenoxy) is 1. The lowest BCUT2D eigenvalue weighted by Crippen LogP contribution is -2.29. The number of hydrogen-bond donors (Lipinski definition) is 0. The topological polar surface area (TPSA) is 26.3 Å². The third-order valence-electron chi connectivity index (χ3n) is 4.66. The quantitative estimate of drug-likeness (QED) is 0.337. The molecule has 0 unspecified atom stereocenters. The van der Waals surface area contributed by atoms with E-state index < -0.39 is 0 Å². The number of unbranched alkanes of at least 4 members (excludes halogenated alkanes) is 3. The smallest absolute Gasteiger partial charge is 0.330 e.